The van der Waals surface area contributed by atoms with Gasteiger partial charge in [0.25, 0.3) is 11.6 Å². The minimum Gasteiger partial charge on any atom is -0.322 e. The molecule has 0 aliphatic rings. The van der Waals surface area contributed by atoms with Crippen LogP contribution >= 0.6 is 15.9 Å². The summed E-state index contributed by atoms with van der Waals surface area (Å²) in [7, 11) is 0. The van der Waals surface area contributed by atoms with E-state index in [0.717, 1.165) is 5.69 Å². The molecule has 0 radical (unpaired) electrons. The highest BCUT2D eigenvalue weighted by Crippen LogP contribution is 2.28. The van der Waals surface area contributed by atoms with E-state index in [1.807, 2.05) is 0 Å². The van der Waals surface area contributed by atoms with Gasteiger partial charge in [-0.05, 0) is 41.1 Å². The quantitative estimate of drug-likeness (QED) is 0.688. The van der Waals surface area contributed by atoms with E-state index in [1.54, 1.807) is 25.3 Å². The van der Waals surface area contributed by atoms with Crippen molar-refractivity contribution in [2.75, 3.05) is 5.32 Å². The fourth-order valence-corrected chi connectivity index (χ4v) is 2.25. The number of anilines is 1. The number of nitro groups is 1. The Labute approximate surface area is 123 Å². The smallest absolute Gasteiger partial charge is 0.284 e. The fourth-order valence-electron chi connectivity index (χ4n) is 1.66. The molecule has 0 spiro atoms. The summed E-state index contributed by atoms with van der Waals surface area (Å²) in [6.07, 6.45) is 1.58. The molecule has 0 unspecified atom stereocenters. The van der Waals surface area contributed by atoms with Gasteiger partial charge in [0, 0.05) is 23.6 Å². The van der Waals surface area contributed by atoms with Crippen molar-refractivity contribution in [3.05, 3.63) is 62.4 Å². The zero-order valence-corrected chi connectivity index (χ0v) is 12.0. The molecule has 2 rings (SSSR count). The van der Waals surface area contributed by atoms with Gasteiger partial charge >= 0.3 is 0 Å². The van der Waals surface area contributed by atoms with Crippen LogP contribution in [0.15, 0.2) is 41.0 Å². The number of carbonyl (C=O) groups is 1. The number of aryl methyl sites for hydroxylation is 1. The summed E-state index contributed by atoms with van der Waals surface area (Å²) in [6, 6.07) is 7.67. The predicted molar refractivity (Wildman–Crippen MR) is 77.7 cm³/mol. The molecular weight excluding hydrogens is 326 g/mol. The molecule has 1 aromatic heterocycles. The standard InChI is InChI=1S/C13H10BrN3O3/c1-8-7-9(5-6-15-8)16-13(18)10-3-2-4-11(12(10)14)17(19)20/h2-7H,1H3,(H,15,16,18). The molecule has 6 nitrogen and oxygen atoms in total. The Balaban J connectivity index is 2.30. The summed E-state index contributed by atoms with van der Waals surface area (Å²) in [6.45, 7) is 1.80. The number of amides is 1. The van der Waals surface area contributed by atoms with Crippen LogP contribution < -0.4 is 5.32 Å². The van der Waals surface area contributed by atoms with Gasteiger partial charge in [-0.25, -0.2) is 0 Å². The number of hydrogen-bond donors (Lipinski definition) is 1. The van der Waals surface area contributed by atoms with Crippen molar-refractivity contribution in [2.45, 2.75) is 6.92 Å². The van der Waals surface area contributed by atoms with E-state index < -0.39 is 10.8 Å². The maximum atomic E-state index is 12.1. The number of nitro benzene ring substituents is 1. The normalized spacial score (nSPS) is 10.1. The fraction of sp³-hybridized carbons (Fsp3) is 0.0769. The first-order chi connectivity index (χ1) is 9.49. The van der Waals surface area contributed by atoms with Crippen LogP contribution in [0.4, 0.5) is 11.4 Å². The zero-order chi connectivity index (χ0) is 14.7. The lowest BCUT2D eigenvalue weighted by Crippen LogP contribution is -2.13. The van der Waals surface area contributed by atoms with Crippen LogP contribution in [0.25, 0.3) is 0 Å². The van der Waals surface area contributed by atoms with Crippen LogP contribution in [0.1, 0.15) is 16.1 Å². The molecule has 0 aliphatic heterocycles. The van der Waals surface area contributed by atoms with Crippen LogP contribution in [0.3, 0.4) is 0 Å². The van der Waals surface area contributed by atoms with Gasteiger partial charge < -0.3 is 5.32 Å². The summed E-state index contributed by atoms with van der Waals surface area (Å²) in [4.78, 5) is 26.5. The summed E-state index contributed by atoms with van der Waals surface area (Å²) in [5.74, 6) is -0.425. The van der Waals surface area contributed by atoms with Crippen molar-refractivity contribution in [3.63, 3.8) is 0 Å². The van der Waals surface area contributed by atoms with Crippen LogP contribution in [-0.4, -0.2) is 15.8 Å². The Morgan fingerprint density at radius 1 is 1.40 bits per heavy atom. The SMILES string of the molecule is Cc1cc(NC(=O)c2cccc([N+](=O)[O-])c2Br)ccn1. The second kappa shape index (κ2) is 5.79. The Morgan fingerprint density at radius 2 is 2.15 bits per heavy atom. The van der Waals surface area contributed by atoms with Gasteiger partial charge in [-0.3, -0.25) is 19.9 Å². The molecule has 0 saturated carbocycles. The van der Waals surface area contributed by atoms with Gasteiger partial charge in [0.15, 0.2) is 0 Å². The van der Waals surface area contributed by atoms with Gasteiger partial charge in [0.2, 0.25) is 0 Å². The number of nitrogens with one attached hydrogen (secondary N) is 1. The molecule has 1 aromatic carbocycles. The highest BCUT2D eigenvalue weighted by molar-refractivity contribution is 9.10. The highest BCUT2D eigenvalue weighted by atomic mass is 79.9. The van der Waals surface area contributed by atoms with E-state index in [-0.39, 0.29) is 15.7 Å². The number of hydrogen-bond acceptors (Lipinski definition) is 4. The third-order valence-corrected chi connectivity index (χ3v) is 3.41. The first-order valence-corrected chi connectivity index (χ1v) is 6.45. The Bertz CT molecular complexity index is 688. The largest absolute Gasteiger partial charge is 0.322 e. The van der Waals surface area contributed by atoms with Gasteiger partial charge in [-0.2, -0.15) is 0 Å². The van der Waals surface area contributed by atoms with E-state index >= 15 is 0 Å². The average Bonchev–Trinajstić information content (AvgIpc) is 2.38. The van der Waals surface area contributed by atoms with Crippen molar-refractivity contribution in [1.29, 1.82) is 0 Å². The molecule has 0 fully saturated rings. The predicted octanol–water partition coefficient (Wildman–Crippen LogP) is 3.31. The lowest BCUT2D eigenvalue weighted by atomic mass is 10.2. The third kappa shape index (κ3) is 3.00. The van der Waals surface area contributed by atoms with Crippen LogP contribution in [-0.2, 0) is 0 Å². The second-order valence-electron chi connectivity index (χ2n) is 4.04. The molecule has 1 amide bonds. The van der Waals surface area contributed by atoms with Crippen molar-refractivity contribution in [2.24, 2.45) is 0 Å². The third-order valence-electron chi connectivity index (χ3n) is 2.57. The molecule has 20 heavy (non-hydrogen) atoms. The van der Waals surface area contributed by atoms with Gasteiger partial charge in [0.1, 0.15) is 4.47 Å². The van der Waals surface area contributed by atoms with Crippen molar-refractivity contribution < 1.29 is 9.72 Å². The Kier molecular flexibility index (Phi) is 4.09. The van der Waals surface area contributed by atoms with E-state index in [0.29, 0.717) is 5.69 Å². The molecular formula is C13H10BrN3O3. The van der Waals surface area contributed by atoms with Gasteiger partial charge in [0.05, 0.1) is 10.5 Å². The van der Waals surface area contributed by atoms with Crippen LogP contribution in [0, 0.1) is 17.0 Å². The first-order valence-electron chi connectivity index (χ1n) is 5.66. The number of carbonyl (C=O) groups excluding carboxylic acids is 1. The molecule has 1 heterocycles. The number of benzene rings is 1. The monoisotopic (exact) mass is 335 g/mol. The average molecular weight is 336 g/mol. The summed E-state index contributed by atoms with van der Waals surface area (Å²) >= 11 is 3.10. The lowest BCUT2D eigenvalue weighted by molar-refractivity contribution is -0.385. The molecule has 0 aliphatic carbocycles. The zero-order valence-electron chi connectivity index (χ0n) is 10.5. The number of nitrogens with zero attached hydrogens (tertiary/aromatic N) is 2. The van der Waals surface area contributed by atoms with E-state index in [4.69, 9.17) is 0 Å². The highest BCUT2D eigenvalue weighted by Gasteiger charge is 2.19. The maximum Gasteiger partial charge on any atom is 0.284 e. The first kappa shape index (κ1) is 14.1. The summed E-state index contributed by atoms with van der Waals surface area (Å²) < 4.78 is 0.160. The van der Waals surface area contributed by atoms with Crippen molar-refractivity contribution in [3.8, 4) is 0 Å². The number of aromatic nitrogens is 1. The van der Waals surface area contributed by atoms with E-state index in [1.165, 1.54) is 18.2 Å². The van der Waals surface area contributed by atoms with E-state index in [2.05, 4.69) is 26.2 Å². The summed E-state index contributed by atoms with van der Waals surface area (Å²) in [5.41, 5.74) is 1.40. The molecule has 2 aromatic rings. The van der Waals surface area contributed by atoms with Crippen molar-refractivity contribution >= 4 is 33.2 Å². The topological polar surface area (TPSA) is 85.1 Å². The molecule has 7 heteroatoms. The van der Waals surface area contributed by atoms with Crippen LogP contribution in [0.5, 0.6) is 0 Å². The van der Waals surface area contributed by atoms with Crippen LogP contribution in [0.2, 0.25) is 0 Å². The number of rotatable bonds is 3. The molecule has 1 N–H and O–H groups in total. The van der Waals surface area contributed by atoms with Crippen molar-refractivity contribution in [1.82, 2.24) is 4.98 Å². The minimum atomic E-state index is -0.544. The molecule has 0 bridgehead atoms. The lowest BCUT2D eigenvalue weighted by Gasteiger charge is -2.07. The Hall–Kier alpha value is -2.28. The van der Waals surface area contributed by atoms with E-state index in [9.17, 15) is 14.9 Å². The molecule has 102 valence electrons. The Morgan fingerprint density at radius 3 is 2.80 bits per heavy atom. The maximum absolute atomic E-state index is 12.1. The van der Waals surface area contributed by atoms with Gasteiger partial charge in [-0.1, -0.05) is 6.07 Å². The summed E-state index contributed by atoms with van der Waals surface area (Å²) in [5, 5.41) is 13.5. The number of halogens is 1. The molecule has 0 atom stereocenters. The van der Waals surface area contributed by atoms with Gasteiger partial charge in [-0.15, -0.1) is 0 Å². The second-order valence-corrected chi connectivity index (χ2v) is 4.83. The number of pyridine rings is 1. The minimum absolute atomic E-state index is 0.149. The molecule has 0 saturated heterocycles.